The molecule has 1 aliphatic heterocycles. The first-order valence-electron chi connectivity index (χ1n) is 9.23. The van der Waals surface area contributed by atoms with Crippen molar-refractivity contribution in [1.82, 2.24) is 4.90 Å². The number of benzene rings is 2. The molecule has 1 aliphatic rings. The summed E-state index contributed by atoms with van der Waals surface area (Å²) in [6, 6.07) is 14.3. The van der Waals surface area contributed by atoms with Gasteiger partial charge in [0, 0.05) is 17.2 Å². The predicted molar refractivity (Wildman–Crippen MR) is 104 cm³/mol. The minimum absolute atomic E-state index is 0.0709. The normalized spacial score (nSPS) is 19.3. The lowest BCUT2D eigenvalue weighted by Gasteiger charge is -2.31. The summed E-state index contributed by atoms with van der Waals surface area (Å²) in [4.78, 5) is 26.4. The molecule has 0 unspecified atom stereocenters. The Morgan fingerprint density at radius 1 is 1.11 bits per heavy atom. The molecule has 1 heterocycles. The molecule has 27 heavy (non-hydrogen) atoms. The van der Waals surface area contributed by atoms with Crippen molar-refractivity contribution < 1.29 is 19.4 Å². The number of likely N-dealkylation sites (tertiary alicyclic amines) is 1. The van der Waals surface area contributed by atoms with Gasteiger partial charge < -0.3 is 14.7 Å². The summed E-state index contributed by atoms with van der Waals surface area (Å²) in [5.74, 6) is -0.404. The Hall–Kier alpha value is -2.82. The van der Waals surface area contributed by atoms with Crippen molar-refractivity contribution in [2.24, 2.45) is 5.92 Å². The molecule has 3 rings (SSSR count). The van der Waals surface area contributed by atoms with Crippen molar-refractivity contribution >= 4 is 11.9 Å². The largest absolute Gasteiger partial charge is 0.496 e. The number of nitrogens with zero attached hydrogens (tertiary/aromatic N) is 1. The van der Waals surface area contributed by atoms with Crippen molar-refractivity contribution in [2.75, 3.05) is 7.11 Å². The van der Waals surface area contributed by atoms with E-state index in [-0.39, 0.29) is 17.9 Å². The Balaban J connectivity index is 1.97. The quantitative estimate of drug-likeness (QED) is 0.865. The molecule has 2 aromatic rings. The molecule has 2 aromatic carbocycles. The molecule has 1 saturated heterocycles. The Morgan fingerprint density at radius 2 is 1.81 bits per heavy atom. The van der Waals surface area contributed by atoms with Crippen molar-refractivity contribution in [3.8, 4) is 16.9 Å². The van der Waals surface area contributed by atoms with Gasteiger partial charge in [0.05, 0.1) is 7.11 Å². The smallest absolute Gasteiger partial charge is 0.326 e. The zero-order chi connectivity index (χ0) is 19.6. The summed E-state index contributed by atoms with van der Waals surface area (Å²) in [5.41, 5.74) is 2.34. The van der Waals surface area contributed by atoms with E-state index in [1.807, 2.05) is 50.2 Å². The van der Waals surface area contributed by atoms with Crippen molar-refractivity contribution in [1.29, 1.82) is 0 Å². The van der Waals surface area contributed by atoms with Crippen LogP contribution in [0.2, 0.25) is 0 Å². The first-order chi connectivity index (χ1) is 12.9. The number of ether oxygens (including phenoxy) is 1. The lowest BCUT2D eigenvalue weighted by Crippen LogP contribution is -2.46. The summed E-state index contributed by atoms with van der Waals surface area (Å²) in [6.07, 6.45) is 1.20. The molecular weight excluding hydrogens is 342 g/mol. The number of rotatable bonds is 5. The molecule has 0 bridgehead atoms. The summed E-state index contributed by atoms with van der Waals surface area (Å²) < 4.78 is 5.51. The molecule has 0 spiro atoms. The minimum Gasteiger partial charge on any atom is -0.496 e. The SMILES string of the molecule is COc1cc(C(=O)N2[C@@H](C(C)C)CC[C@H]2C(=O)O)ccc1-c1ccccc1. The molecule has 0 aromatic heterocycles. The van der Waals surface area contributed by atoms with Crippen LogP contribution in [0.15, 0.2) is 48.5 Å². The molecule has 5 heteroatoms. The Morgan fingerprint density at radius 3 is 2.41 bits per heavy atom. The molecule has 0 saturated carbocycles. The monoisotopic (exact) mass is 367 g/mol. The van der Waals surface area contributed by atoms with E-state index in [2.05, 4.69) is 0 Å². The zero-order valence-electron chi connectivity index (χ0n) is 15.9. The molecule has 0 aliphatic carbocycles. The Labute approximate surface area is 159 Å². The maximum atomic E-state index is 13.2. The van der Waals surface area contributed by atoms with Gasteiger partial charge in [-0.05, 0) is 42.5 Å². The number of carbonyl (C=O) groups excluding carboxylic acids is 1. The summed E-state index contributed by atoms with van der Waals surface area (Å²) in [5, 5.41) is 9.55. The van der Waals surface area contributed by atoms with Crippen molar-refractivity contribution in [2.45, 2.75) is 38.8 Å². The van der Waals surface area contributed by atoms with Crippen LogP contribution in [0.1, 0.15) is 37.0 Å². The number of carbonyl (C=O) groups is 2. The average molecular weight is 367 g/mol. The molecule has 142 valence electrons. The number of methoxy groups -OCH3 is 1. The first kappa shape index (κ1) is 19.0. The lowest BCUT2D eigenvalue weighted by atomic mass is 10.00. The number of carboxylic acid groups (broad SMARTS) is 1. The van der Waals surface area contributed by atoms with Crippen LogP contribution in [0.5, 0.6) is 5.75 Å². The summed E-state index contributed by atoms with van der Waals surface area (Å²) in [6.45, 7) is 4.04. The third kappa shape index (κ3) is 3.68. The molecule has 0 radical (unpaired) electrons. The molecule has 1 fully saturated rings. The van der Waals surface area contributed by atoms with Crippen LogP contribution < -0.4 is 4.74 Å². The number of carboxylic acids is 1. The van der Waals surface area contributed by atoms with E-state index in [4.69, 9.17) is 4.74 Å². The van der Waals surface area contributed by atoms with Gasteiger partial charge in [0.25, 0.3) is 5.91 Å². The highest BCUT2D eigenvalue weighted by Gasteiger charge is 2.42. The van der Waals surface area contributed by atoms with Gasteiger partial charge in [0.1, 0.15) is 11.8 Å². The van der Waals surface area contributed by atoms with Crippen LogP contribution in [-0.2, 0) is 4.79 Å². The second-order valence-electron chi connectivity index (χ2n) is 7.24. The summed E-state index contributed by atoms with van der Waals surface area (Å²) >= 11 is 0. The van der Waals surface area contributed by atoms with E-state index in [9.17, 15) is 14.7 Å². The zero-order valence-corrected chi connectivity index (χ0v) is 15.9. The third-order valence-corrected chi connectivity index (χ3v) is 5.25. The fraction of sp³-hybridized carbons (Fsp3) is 0.364. The maximum absolute atomic E-state index is 13.2. The van der Waals surface area contributed by atoms with Crippen LogP contribution in [-0.4, -0.2) is 41.1 Å². The van der Waals surface area contributed by atoms with Crippen molar-refractivity contribution in [3.63, 3.8) is 0 Å². The molecule has 1 amide bonds. The Kier molecular flexibility index (Phi) is 5.49. The number of hydrogen-bond acceptors (Lipinski definition) is 3. The van der Waals surface area contributed by atoms with Crippen LogP contribution in [0, 0.1) is 5.92 Å². The van der Waals surface area contributed by atoms with Crippen LogP contribution in [0.25, 0.3) is 11.1 Å². The third-order valence-electron chi connectivity index (χ3n) is 5.25. The van der Waals surface area contributed by atoms with Gasteiger partial charge in [-0.2, -0.15) is 0 Å². The van der Waals surface area contributed by atoms with Gasteiger partial charge in [0.15, 0.2) is 0 Å². The van der Waals surface area contributed by atoms with Crippen LogP contribution in [0.3, 0.4) is 0 Å². The minimum atomic E-state index is -0.945. The van der Waals surface area contributed by atoms with E-state index in [0.717, 1.165) is 11.1 Å². The molecule has 5 nitrogen and oxygen atoms in total. The predicted octanol–water partition coefficient (Wildman–Crippen LogP) is 4.08. The molecule has 2 atom stereocenters. The Bertz CT molecular complexity index is 831. The van der Waals surface area contributed by atoms with Crippen LogP contribution >= 0.6 is 0 Å². The summed E-state index contributed by atoms with van der Waals surface area (Å²) in [7, 11) is 1.57. The fourth-order valence-corrected chi connectivity index (χ4v) is 3.86. The fourth-order valence-electron chi connectivity index (χ4n) is 3.86. The number of aliphatic carboxylic acids is 1. The number of hydrogen-bond donors (Lipinski definition) is 1. The second kappa shape index (κ2) is 7.82. The highest BCUT2D eigenvalue weighted by Crippen LogP contribution is 2.34. The van der Waals surface area contributed by atoms with Gasteiger partial charge in [-0.15, -0.1) is 0 Å². The highest BCUT2D eigenvalue weighted by atomic mass is 16.5. The van der Waals surface area contributed by atoms with E-state index in [0.29, 0.717) is 24.2 Å². The van der Waals surface area contributed by atoms with Gasteiger partial charge in [-0.1, -0.05) is 44.2 Å². The van der Waals surface area contributed by atoms with Crippen LogP contribution in [0.4, 0.5) is 0 Å². The first-order valence-corrected chi connectivity index (χ1v) is 9.23. The average Bonchev–Trinajstić information content (AvgIpc) is 3.13. The van der Waals surface area contributed by atoms with Crippen molar-refractivity contribution in [3.05, 3.63) is 54.1 Å². The highest BCUT2D eigenvalue weighted by molar-refractivity contribution is 5.98. The topological polar surface area (TPSA) is 66.8 Å². The lowest BCUT2D eigenvalue weighted by molar-refractivity contribution is -0.141. The van der Waals surface area contributed by atoms with E-state index in [1.165, 1.54) is 0 Å². The van der Waals surface area contributed by atoms with Gasteiger partial charge in [-0.3, -0.25) is 4.79 Å². The van der Waals surface area contributed by atoms with Gasteiger partial charge in [0.2, 0.25) is 0 Å². The van der Waals surface area contributed by atoms with E-state index in [1.54, 1.807) is 24.1 Å². The van der Waals surface area contributed by atoms with E-state index < -0.39 is 12.0 Å². The van der Waals surface area contributed by atoms with Gasteiger partial charge >= 0.3 is 5.97 Å². The maximum Gasteiger partial charge on any atom is 0.326 e. The molecular formula is C22H25NO4. The number of amides is 1. The van der Waals surface area contributed by atoms with E-state index >= 15 is 0 Å². The van der Waals surface area contributed by atoms with Gasteiger partial charge in [-0.25, -0.2) is 4.79 Å². The standard InChI is InChI=1S/C22H25NO4/c1-14(2)18-11-12-19(22(25)26)23(18)21(24)16-9-10-17(20(13-16)27-3)15-7-5-4-6-8-15/h4-10,13-14,18-19H,11-12H2,1-3H3,(H,25,26)/t18-,19+/m1/s1. The second-order valence-corrected chi connectivity index (χ2v) is 7.24. The molecule has 1 N–H and O–H groups in total.